The van der Waals surface area contributed by atoms with Gasteiger partial charge in [0.15, 0.2) is 11.5 Å². The highest BCUT2D eigenvalue weighted by molar-refractivity contribution is 6.33. The molecule has 2 unspecified atom stereocenters. The summed E-state index contributed by atoms with van der Waals surface area (Å²) in [5, 5.41) is 10.8. The van der Waals surface area contributed by atoms with Gasteiger partial charge in [-0.15, -0.1) is 0 Å². The molecule has 0 radical (unpaired) electrons. The molecule has 1 fully saturated rings. The highest BCUT2D eigenvalue weighted by Gasteiger charge is 2.20. The highest BCUT2D eigenvalue weighted by Crippen LogP contribution is 2.40. The molecule has 1 aliphatic heterocycles. The zero-order valence-electron chi connectivity index (χ0n) is 12.6. The second-order valence-electron chi connectivity index (χ2n) is 5.29. The Balaban J connectivity index is 1.96. The summed E-state index contributed by atoms with van der Waals surface area (Å²) < 4.78 is 16.0. The summed E-state index contributed by atoms with van der Waals surface area (Å²) in [6.45, 7) is 0.870. The molecule has 2 atom stereocenters. The number of hydrogen-bond acceptors (Lipinski definition) is 4. The summed E-state index contributed by atoms with van der Waals surface area (Å²) in [7, 11) is 3.10. The van der Waals surface area contributed by atoms with Gasteiger partial charge in [0.1, 0.15) is 0 Å². The number of methoxy groups -OCH3 is 2. The molecule has 118 valence electrons. The SMILES string of the molecule is COc1ccc(C(O)CCCC2CCCO2)c(Cl)c1OC. The molecule has 0 bridgehead atoms. The Morgan fingerprint density at radius 3 is 2.81 bits per heavy atom. The fourth-order valence-electron chi connectivity index (χ4n) is 2.73. The van der Waals surface area contributed by atoms with E-state index >= 15 is 0 Å². The van der Waals surface area contributed by atoms with E-state index < -0.39 is 6.10 Å². The van der Waals surface area contributed by atoms with Gasteiger partial charge in [-0.2, -0.15) is 0 Å². The van der Waals surface area contributed by atoms with Gasteiger partial charge in [-0.1, -0.05) is 17.7 Å². The minimum atomic E-state index is -0.598. The molecule has 2 rings (SSSR count). The van der Waals surface area contributed by atoms with Crippen LogP contribution >= 0.6 is 11.6 Å². The van der Waals surface area contributed by atoms with Gasteiger partial charge in [0.05, 0.1) is 31.5 Å². The normalized spacial score (nSPS) is 19.5. The maximum Gasteiger partial charge on any atom is 0.179 e. The quantitative estimate of drug-likeness (QED) is 0.833. The average molecular weight is 315 g/mol. The summed E-state index contributed by atoms with van der Waals surface area (Å²) in [6.07, 6.45) is 4.60. The summed E-state index contributed by atoms with van der Waals surface area (Å²) in [4.78, 5) is 0. The smallest absolute Gasteiger partial charge is 0.179 e. The van der Waals surface area contributed by atoms with Gasteiger partial charge in [0, 0.05) is 12.2 Å². The van der Waals surface area contributed by atoms with E-state index in [4.69, 9.17) is 25.8 Å². The van der Waals surface area contributed by atoms with Crippen molar-refractivity contribution in [2.24, 2.45) is 0 Å². The third-order valence-corrected chi connectivity index (χ3v) is 4.29. The van der Waals surface area contributed by atoms with Gasteiger partial charge in [0.25, 0.3) is 0 Å². The Morgan fingerprint density at radius 1 is 1.38 bits per heavy atom. The lowest BCUT2D eigenvalue weighted by atomic mass is 10.0. The standard InChI is InChI=1S/C16H23ClO4/c1-19-14-9-8-12(15(17)16(14)20-2)13(18)7-3-5-11-6-4-10-21-11/h8-9,11,13,18H,3-7,10H2,1-2H3. The van der Waals surface area contributed by atoms with E-state index in [0.717, 1.165) is 32.3 Å². The molecule has 21 heavy (non-hydrogen) atoms. The van der Waals surface area contributed by atoms with Crippen molar-refractivity contribution in [2.75, 3.05) is 20.8 Å². The number of halogens is 1. The number of hydrogen-bond donors (Lipinski definition) is 1. The molecule has 4 nitrogen and oxygen atoms in total. The molecule has 1 N–H and O–H groups in total. The van der Waals surface area contributed by atoms with E-state index in [1.807, 2.05) is 0 Å². The van der Waals surface area contributed by atoms with Crippen LogP contribution < -0.4 is 9.47 Å². The Bertz CT molecular complexity index is 458. The predicted molar refractivity (Wildman–Crippen MR) is 82.3 cm³/mol. The van der Waals surface area contributed by atoms with Gasteiger partial charge < -0.3 is 19.3 Å². The van der Waals surface area contributed by atoms with Crippen LogP contribution in [0.25, 0.3) is 0 Å². The first-order chi connectivity index (χ1) is 10.2. The summed E-state index contributed by atoms with van der Waals surface area (Å²) in [6, 6.07) is 3.56. The van der Waals surface area contributed by atoms with Gasteiger partial charge in [0.2, 0.25) is 0 Å². The van der Waals surface area contributed by atoms with E-state index in [0.29, 0.717) is 34.6 Å². The summed E-state index contributed by atoms with van der Waals surface area (Å²) >= 11 is 6.30. The zero-order valence-corrected chi connectivity index (χ0v) is 13.4. The Labute approximate surface area is 131 Å². The van der Waals surface area contributed by atoms with Crippen molar-refractivity contribution in [1.29, 1.82) is 0 Å². The van der Waals surface area contributed by atoms with Gasteiger partial charge >= 0.3 is 0 Å². The van der Waals surface area contributed by atoms with E-state index in [1.54, 1.807) is 19.2 Å². The third-order valence-electron chi connectivity index (χ3n) is 3.90. The first-order valence-corrected chi connectivity index (χ1v) is 7.75. The molecule has 1 aliphatic rings. The average Bonchev–Trinajstić information content (AvgIpc) is 2.99. The van der Waals surface area contributed by atoms with Crippen LogP contribution in [0.4, 0.5) is 0 Å². The molecular weight excluding hydrogens is 292 g/mol. The number of benzene rings is 1. The van der Waals surface area contributed by atoms with Crippen LogP contribution in [0.3, 0.4) is 0 Å². The molecule has 1 saturated heterocycles. The summed E-state index contributed by atoms with van der Waals surface area (Å²) in [5.74, 6) is 1.03. The van der Waals surface area contributed by atoms with Crippen molar-refractivity contribution in [2.45, 2.75) is 44.3 Å². The van der Waals surface area contributed by atoms with Crippen LogP contribution in [0.1, 0.15) is 43.8 Å². The van der Waals surface area contributed by atoms with Gasteiger partial charge in [-0.25, -0.2) is 0 Å². The lowest BCUT2D eigenvalue weighted by Crippen LogP contribution is -2.06. The molecular formula is C16H23ClO4. The van der Waals surface area contributed by atoms with Crippen LogP contribution in [0.2, 0.25) is 5.02 Å². The van der Waals surface area contributed by atoms with Crippen molar-refractivity contribution >= 4 is 11.6 Å². The molecule has 0 spiro atoms. The third kappa shape index (κ3) is 4.02. The number of aliphatic hydroxyl groups is 1. The van der Waals surface area contributed by atoms with Crippen molar-refractivity contribution in [3.8, 4) is 11.5 Å². The van der Waals surface area contributed by atoms with Crippen molar-refractivity contribution in [3.63, 3.8) is 0 Å². The molecule has 1 aromatic rings. The van der Waals surface area contributed by atoms with E-state index in [2.05, 4.69) is 0 Å². The maximum absolute atomic E-state index is 10.3. The second kappa shape index (κ2) is 7.87. The highest BCUT2D eigenvalue weighted by atomic mass is 35.5. The van der Waals surface area contributed by atoms with Crippen LogP contribution in [-0.4, -0.2) is 32.0 Å². The lowest BCUT2D eigenvalue weighted by molar-refractivity contribution is 0.0944. The second-order valence-corrected chi connectivity index (χ2v) is 5.66. The van der Waals surface area contributed by atoms with Crippen molar-refractivity contribution in [3.05, 3.63) is 22.7 Å². The topological polar surface area (TPSA) is 47.9 Å². The Hall–Kier alpha value is -0.970. The molecule has 1 aromatic carbocycles. The van der Waals surface area contributed by atoms with Crippen molar-refractivity contribution < 1.29 is 19.3 Å². The fraction of sp³-hybridized carbons (Fsp3) is 0.625. The molecule has 0 amide bonds. The largest absolute Gasteiger partial charge is 0.493 e. The van der Waals surface area contributed by atoms with Crippen LogP contribution in [0.5, 0.6) is 11.5 Å². The molecule has 0 aromatic heterocycles. The monoisotopic (exact) mass is 314 g/mol. The zero-order chi connectivity index (χ0) is 15.2. The summed E-state index contributed by atoms with van der Waals surface area (Å²) in [5.41, 5.74) is 0.682. The first-order valence-electron chi connectivity index (χ1n) is 7.37. The van der Waals surface area contributed by atoms with E-state index in [9.17, 15) is 5.11 Å². The van der Waals surface area contributed by atoms with E-state index in [1.165, 1.54) is 7.11 Å². The van der Waals surface area contributed by atoms with Crippen molar-refractivity contribution in [1.82, 2.24) is 0 Å². The number of ether oxygens (including phenoxy) is 3. The van der Waals surface area contributed by atoms with Crippen LogP contribution in [0.15, 0.2) is 12.1 Å². The van der Waals surface area contributed by atoms with Gasteiger partial charge in [-0.05, 0) is 38.2 Å². The van der Waals surface area contributed by atoms with E-state index in [-0.39, 0.29) is 0 Å². The minimum Gasteiger partial charge on any atom is -0.493 e. The molecule has 0 aliphatic carbocycles. The minimum absolute atomic E-state index is 0.359. The molecule has 5 heteroatoms. The molecule has 1 heterocycles. The Morgan fingerprint density at radius 2 is 2.19 bits per heavy atom. The first kappa shape index (κ1) is 16.4. The van der Waals surface area contributed by atoms with Crippen LogP contribution in [-0.2, 0) is 4.74 Å². The number of rotatable bonds is 7. The Kier molecular flexibility index (Phi) is 6.15. The lowest BCUT2D eigenvalue weighted by Gasteiger charge is -2.17. The van der Waals surface area contributed by atoms with Crippen LogP contribution in [0, 0.1) is 0 Å². The number of aliphatic hydroxyl groups excluding tert-OH is 1. The van der Waals surface area contributed by atoms with Gasteiger partial charge in [-0.3, -0.25) is 0 Å². The fourth-order valence-corrected chi connectivity index (χ4v) is 3.09. The predicted octanol–water partition coefficient (Wildman–Crippen LogP) is 3.74. The molecule has 0 saturated carbocycles. The maximum atomic E-state index is 10.3.